The molecule has 3 rings (SSSR count). The Morgan fingerprint density at radius 1 is 1.50 bits per heavy atom. The lowest BCUT2D eigenvalue weighted by Crippen LogP contribution is -2.32. The zero-order valence-corrected chi connectivity index (χ0v) is 10.1. The summed E-state index contributed by atoms with van der Waals surface area (Å²) < 4.78 is 2.68. The van der Waals surface area contributed by atoms with Crippen molar-refractivity contribution in [3.8, 4) is 10.7 Å². The number of nitrogens with zero attached hydrogens (tertiary/aromatic N) is 3. The van der Waals surface area contributed by atoms with Crippen molar-refractivity contribution in [2.45, 2.75) is 25.4 Å². The molecule has 84 valence electrons. The summed E-state index contributed by atoms with van der Waals surface area (Å²) in [6.07, 6.45) is 1.90. The Kier molecular flexibility index (Phi) is 2.46. The third-order valence-electron chi connectivity index (χ3n) is 2.69. The number of hydrogen-bond donors (Lipinski definition) is 1. The van der Waals surface area contributed by atoms with Gasteiger partial charge in [0.25, 0.3) is 0 Å². The van der Waals surface area contributed by atoms with E-state index in [0.717, 1.165) is 40.2 Å². The fourth-order valence-corrected chi connectivity index (χ4v) is 2.84. The van der Waals surface area contributed by atoms with E-state index in [1.807, 2.05) is 16.8 Å². The molecule has 6 heteroatoms. The van der Waals surface area contributed by atoms with Crippen LogP contribution in [-0.4, -0.2) is 20.8 Å². The largest absolute Gasteiger partial charge is 0.326 e. The minimum Gasteiger partial charge on any atom is -0.326 e. The number of aromatic nitrogens is 3. The molecule has 2 aromatic heterocycles. The van der Waals surface area contributed by atoms with Gasteiger partial charge < -0.3 is 5.73 Å². The fraction of sp³-hybridized carbons (Fsp3) is 0.400. The van der Waals surface area contributed by atoms with E-state index < -0.39 is 0 Å². The molecule has 0 radical (unpaired) electrons. The van der Waals surface area contributed by atoms with Crippen LogP contribution in [0.4, 0.5) is 0 Å². The Morgan fingerprint density at radius 2 is 2.38 bits per heavy atom. The number of rotatable bonds is 1. The summed E-state index contributed by atoms with van der Waals surface area (Å²) in [5.74, 6) is 1.79. The van der Waals surface area contributed by atoms with Gasteiger partial charge in [0.1, 0.15) is 5.82 Å². The highest BCUT2D eigenvalue weighted by atomic mass is 35.5. The number of halogens is 1. The summed E-state index contributed by atoms with van der Waals surface area (Å²) in [6, 6.07) is 4.02. The maximum Gasteiger partial charge on any atom is 0.191 e. The number of thiophene rings is 1. The van der Waals surface area contributed by atoms with Crippen molar-refractivity contribution in [1.29, 1.82) is 0 Å². The molecule has 1 aliphatic heterocycles. The summed E-state index contributed by atoms with van der Waals surface area (Å²) >= 11 is 7.40. The van der Waals surface area contributed by atoms with Gasteiger partial charge in [-0.15, -0.1) is 16.4 Å². The number of nitrogens with two attached hydrogens (primary N) is 1. The Bertz CT molecular complexity index is 519. The molecule has 0 fully saturated rings. The van der Waals surface area contributed by atoms with Gasteiger partial charge in [-0.25, -0.2) is 9.67 Å². The Morgan fingerprint density at radius 3 is 3.12 bits per heavy atom. The highest BCUT2D eigenvalue weighted by molar-refractivity contribution is 7.19. The van der Waals surface area contributed by atoms with Crippen LogP contribution in [0, 0.1) is 0 Å². The second-order valence-corrected chi connectivity index (χ2v) is 5.65. The first-order chi connectivity index (χ1) is 7.72. The van der Waals surface area contributed by atoms with Gasteiger partial charge in [-0.1, -0.05) is 11.6 Å². The van der Waals surface area contributed by atoms with E-state index in [-0.39, 0.29) is 6.04 Å². The lowest BCUT2D eigenvalue weighted by atomic mass is 10.1. The van der Waals surface area contributed by atoms with Gasteiger partial charge in [0, 0.05) is 12.5 Å². The van der Waals surface area contributed by atoms with Crippen LogP contribution in [0.25, 0.3) is 10.7 Å². The first kappa shape index (κ1) is 10.3. The normalized spacial score (nSPS) is 19.8. The monoisotopic (exact) mass is 254 g/mol. The van der Waals surface area contributed by atoms with Crippen LogP contribution in [0.3, 0.4) is 0 Å². The molecule has 1 aliphatic rings. The van der Waals surface area contributed by atoms with Crippen molar-refractivity contribution in [2.24, 2.45) is 5.73 Å². The summed E-state index contributed by atoms with van der Waals surface area (Å²) in [5.41, 5.74) is 5.89. The average Bonchev–Trinajstić information content (AvgIpc) is 2.83. The van der Waals surface area contributed by atoms with Gasteiger partial charge in [-0.2, -0.15) is 0 Å². The third kappa shape index (κ3) is 1.75. The first-order valence-electron chi connectivity index (χ1n) is 5.17. The van der Waals surface area contributed by atoms with E-state index in [9.17, 15) is 0 Å². The number of fused-ring (bicyclic) bond motifs is 1. The van der Waals surface area contributed by atoms with Gasteiger partial charge in [-0.3, -0.25) is 0 Å². The quantitative estimate of drug-likeness (QED) is 0.846. The Balaban J connectivity index is 1.98. The number of hydrogen-bond acceptors (Lipinski definition) is 4. The molecule has 0 saturated carbocycles. The second kappa shape index (κ2) is 3.84. The zero-order valence-electron chi connectivity index (χ0n) is 8.56. The van der Waals surface area contributed by atoms with Crippen molar-refractivity contribution >= 4 is 22.9 Å². The molecule has 0 spiro atoms. The molecule has 0 aromatic carbocycles. The van der Waals surface area contributed by atoms with Crippen molar-refractivity contribution < 1.29 is 0 Å². The number of aryl methyl sites for hydroxylation is 1. The van der Waals surface area contributed by atoms with Crippen LogP contribution in [-0.2, 0) is 13.0 Å². The summed E-state index contributed by atoms with van der Waals surface area (Å²) in [7, 11) is 0. The van der Waals surface area contributed by atoms with Crippen LogP contribution in [0.15, 0.2) is 12.1 Å². The van der Waals surface area contributed by atoms with E-state index in [1.54, 1.807) is 0 Å². The van der Waals surface area contributed by atoms with Crippen LogP contribution in [0.5, 0.6) is 0 Å². The van der Waals surface area contributed by atoms with Gasteiger partial charge in [0.05, 0.1) is 15.8 Å². The van der Waals surface area contributed by atoms with Crippen molar-refractivity contribution in [3.63, 3.8) is 0 Å². The van der Waals surface area contributed by atoms with E-state index >= 15 is 0 Å². The van der Waals surface area contributed by atoms with Gasteiger partial charge in [0.15, 0.2) is 5.82 Å². The topological polar surface area (TPSA) is 56.7 Å². The lowest BCUT2D eigenvalue weighted by molar-refractivity contribution is 0.422. The molecule has 0 saturated heterocycles. The summed E-state index contributed by atoms with van der Waals surface area (Å²) in [6.45, 7) is 0.765. The summed E-state index contributed by atoms with van der Waals surface area (Å²) in [4.78, 5) is 5.53. The molecule has 1 atom stereocenters. The smallest absolute Gasteiger partial charge is 0.191 e. The molecule has 2 aromatic rings. The minimum absolute atomic E-state index is 0.203. The molecule has 2 N–H and O–H groups in total. The maximum atomic E-state index is 5.90. The van der Waals surface area contributed by atoms with E-state index in [1.165, 1.54) is 11.3 Å². The molecule has 16 heavy (non-hydrogen) atoms. The molecule has 0 aliphatic carbocycles. The highest BCUT2D eigenvalue weighted by Crippen LogP contribution is 2.29. The molecular formula is C10H11ClN4S. The Labute approximate surface area is 102 Å². The van der Waals surface area contributed by atoms with Gasteiger partial charge in [0.2, 0.25) is 0 Å². The van der Waals surface area contributed by atoms with Crippen molar-refractivity contribution in [2.75, 3.05) is 0 Å². The Hall–Kier alpha value is -0.910. The second-order valence-electron chi connectivity index (χ2n) is 3.94. The van der Waals surface area contributed by atoms with Crippen LogP contribution in [0.2, 0.25) is 4.34 Å². The standard InChI is InChI=1S/C10H11ClN4S/c11-8-3-2-7(16-8)10-13-9-4-1-6(12)5-15(9)14-10/h2-3,6H,1,4-5,12H2. The maximum absolute atomic E-state index is 5.90. The molecule has 4 nitrogen and oxygen atoms in total. The van der Waals surface area contributed by atoms with Crippen LogP contribution in [0.1, 0.15) is 12.2 Å². The van der Waals surface area contributed by atoms with E-state index in [0.29, 0.717) is 0 Å². The minimum atomic E-state index is 0.203. The van der Waals surface area contributed by atoms with Crippen molar-refractivity contribution in [3.05, 3.63) is 22.3 Å². The van der Waals surface area contributed by atoms with Crippen LogP contribution < -0.4 is 5.73 Å². The first-order valence-corrected chi connectivity index (χ1v) is 6.37. The van der Waals surface area contributed by atoms with Gasteiger partial charge in [-0.05, 0) is 18.6 Å². The van der Waals surface area contributed by atoms with Gasteiger partial charge >= 0.3 is 0 Å². The molecule has 0 amide bonds. The molecule has 1 unspecified atom stereocenters. The third-order valence-corrected chi connectivity index (χ3v) is 3.92. The zero-order chi connectivity index (χ0) is 11.1. The average molecular weight is 255 g/mol. The SMILES string of the molecule is NC1CCc2nc(-c3ccc(Cl)s3)nn2C1. The predicted octanol–water partition coefficient (Wildman–Crippen LogP) is 1.93. The molecule has 0 bridgehead atoms. The molecular weight excluding hydrogens is 244 g/mol. The molecule has 3 heterocycles. The fourth-order valence-electron chi connectivity index (χ4n) is 1.87. The summed E-state index contributed by atoms with van der Waals surface area (Å²) in [5, 5.41) is 4.46. The van der Waals surface area contributed by atoms with E-state index in [2.05, 4.69) is 10.1 Å². The lowest BCUT2D eigenvalue weighted by Gasteiger charge is -2.17. The van der Waals surface area contributed by atoms with Crippen molar-refractivity contribution in [1.82, 2.24) is 14.8 Å². The van der Waals surface area contributed by atoms with E-state index in [4.69, 9.17) is 17.3 Å². The highest BCUT2D eigenvalue weighted by Gasteiger charge is 2.19. The predicted molar refractivity (Wildman–Crippen MR) is 64.6 cm³/mol. The van der Waals surface area contributed by atoms with Crippen LogP contribution >= 0.6 is 22.9 Å².